The van der Waals surface area contributed by atoms with Gasteiger partial charge in [-0.2, -0.15) is 5.10 Å². The van der Waals surface area contributed by atoms with E-state index >= 15 is 0 Å². The van der Waals surface area contributed by atoms with Gasteiger partial charge in [0.05, 0.1) is 17.1 Å². The number of aromatic amines is 1. The SMILES string of the molecule is O=C(NCC(=O)N1CCN(c2cccc(Cl)c2)CC1)c1cc(-c2cccs2)[nH]n1. The lowest BCUT2D eigenvalue weighted by atomic mass is 10.2. The summed E-state index contributed by atoms with van der Waals surface area (Å²) >= 11 is 7.62. The van der Waals surface area contributed by atoms with Gasteiger partial charge >= 0.3 is 0 Å². The van der Waals surface area contributed by atoms with Crippen LogP contribution in [0.2, 0.25) is 5.02 Å². The number of H-pyrrole nitrogens is 1. The van der Waals surface area contributed by atoms with Crippen LogP contribution in [0.1, 0.15) is 10.5 Å². The maximum atomic E-state index is 12.5. The molecule has 0 unspecified atom stereocenters. The molecule has 1 aliphatic rings. The van der Waals surface area contributed by atoms with Crippen LogP contribution < -0.4 is 10.2 Å². The number of hydrogen-bond donors (Lipinski definition) is 2. The van der Waals surface area contributed by atoms with Crippen LogP contribution in [0.5, 0.6) is 0 Å². The number of benzene rings is 1. The third kappa shape index (κ3) is 4.60. The highest BCUT2D eigenvalue weighted by molar-refractivity contribution is 7.13. The highest BCUT2D eigenvalue weighted by Crippen LogP contribution is 2.23. The van der Waals surface area contributed by atoms with E-state index in [1.807, 2.05) is 41.8 Å². The number of carbonyl (C=O) groups is 2. The predicted octanol–water partition coefficient (Wildman–Crippen LogP) is 2.87. The summed E-state index contributed by atoms with van der Waals surface area (Å²) in [6.45, 7) is 2.61. The molecule has 150 valence electrons. The Morgan fingerprint density at radius 2 is 1.97 bits per heavy atom. The molecule has 1 aliphatic heterocycles. The molecule has 0 aliphatic carbocycles. The molecule has 0 saturated carbocycles. The molecule has 7 nitrogen and oxygen atoms in total. The van der Waals surface area contributed by atoms with E-state index in [1.54, 1.807) is 22.3 Å². The summed E-state index contributed by atoms with van der Waals surface area (Å²) < 4.78 is 0. The fourth-order valence-corrected chi connectivity index (χ4v) is 4.12. The van der Waals surface area contributed by atoms with Gasteiger partial charge in [0.1, 0.15) is 0 Å². The van der Waals surface area contributed by atoms with E-state index in [0.29, 0.717) is 18.1 Å². The molecular formula is C20H20ClN5O2S. The third-order valence-corrected chi connectivity index (χ3v) is 5.94. The zero-order chi connectivity index (χ0) is 20.2. The Bertz CT molecular complexity index is 996. The molecule has 2 N–H and O–H groups in total. The van der Waals surface area contributed by atoms with Gasteiger partial charge in [-0.25, -0.2) is 0 Å². The molecule has 1 saturated heterocycles. The zero-order valence-corrected chi connectivity index (χ0v) is 17.2. The standard InChI is InChI=1S/C20H20ClN5O2S/c21-14-3-1-4-15(11-14)25-6-8-26(9-7-25)19(27)13-22-20(28)17-12-16(23-24-17)18-5-2-10-29-18/h1-5,10-12H,6-9,13H2,(H,22,28)(H,23,24). The molecule has 0 radical (unpaired) electrons. The Morgan fingerprint density at radius 1 is 1.14 bits per heavy atom. The van der Waals surface area contributed by atoms with Crippen molar-refractivity contribution in [3.8, 4) is 10.6 Å². The molecule has 0 bridgehead atoms. The number of thiophene rings is 1. The molecule has 9 heteroatoms. The van der Waals surface area contributed by atoms with Crippen LogP contribution in [0, 0.1) is 0 Å². The van der Waals surface area contributed by atoms with Gasteiger partial charge < -0.3 is 15.1 Å². The number of nitrogens with zero attached hydrogens (tertiary/aromatic N) is 3. The largest absolute Gasteiger partial charge is 0.368 e. The second-order valence-electron chi connectivity index (χ2n) is 6.67. The molecule has 1 aromatic carbocycles. The second kappa shape index (κ2) is 8.67. The Morgan fingerprint density at radius 3 is 2.69 bits per heavy atom. The van der Waals surface area contributed by atoms with Crippen molar-refractivity contribution in [1.82, 2.24) is 20.4 Å². The van der Waals surface area contributed by atoms with Crippen molar-refractivity contribution in [2.24, 2.45) is 0 Å². The molecule has 29 heavy (non-hydrogen) atoms. The summed E-state index contributed by atoms with van der Waals surface area (Å²) in [5, 5.41) is 12.2. The average molecular weight is 430 g/mol. The average Bonchev–Trinajstić information content (AvgIpc) is 3.43. The topological polar surface area (TPSA) is 81.3 Å². The first-order valence-corrected chi connectivity index (χ1v) is 10.5. The van der Waals surface area contributed by atoms with Crippen molar-refractivity contribution in [2.75, 3.05) is 37.6 Å². The van der Waals surface area contributed by atoms with E-state index in [0.717, 1.165) is 29.3 Å². The van der Waals surface area contributed by atoms with Crippen molar-refractivity contribution < 1.29 is 9.59 Å². The number of anilines is 1. The first-order chi connectivity index (χ1) is 14.1. The molecule has 4 rings (SSSR count). The Kier molecular flexibility index (Phi) is 5.82. The maximum Gasteiger partial charge on any atom is 0.272 e. The van der Waals surface area contributed by atoms with Gasteiger partial charge in [-0.05, 0) is 35.7 Å². The van der Waals surface area contributed by atoms with Crippen molar-refractivity contribution >= 4 is 40.4 Å². The summed E-state index contributed by atoms with van der Waals surface area (Å²) in [5.74, 6) is -0.465. The Balaban J connectivity index is 1.26. The Labute approximate surface area is 177 Å². The van der Waals surface area contributed by atoms with Crippen LogP contribution in [0.15, 0.2) is 47.8 Å². The lowest BCUT2D eigenvalue weighted by Crippen LogP contribution is -2.51. The molecule has 1 fully saturated rings. The van der Waals surface area contributed by atoms with Gasteiger partial charge in [-0.3, -0.25) is 14.7 Å². The minimum absolute atomic E-state index is 0.0445. The first kappa shape index (κ1) is 19.5. The number of piperazine rings is 1. The highest BCUT2D eigenvalue weighted by atomic mass is 35.5. The highest BCUT2D eigenvalue weighted by Gasteiger charge is 2.22. The van der Waals surface area contributed by atoms with Crippen molar-refractivity contribution in [3.63, 3.8) is 0 Å². The fraction of sp³-hybridized carbons (Fsp3) is 0.250. The van der Waals surface area contributed by atoms with Crippen LogP contribution in [0.4, 0.5) is 5.69 Å². The zero-order valence-electron chi connectivity index (χ0n) is 15.6. The summed E-state index contributed by atoms with van der Waals surface area (Å²) in [7, 11) is 0. The van der Waals surface area contributed by atoms with Crippen LogP contribution in [0.25, 0.3) is 10.6 Å². The molecule has 0 atom stereocenters. The van der Waals surface area contributed by atoms with Gasteiger partial charge in [0.15, 0.2) is 5.69 Å². The smallest absolute Gasteiger partial charge is 0.272 e. The van der Waals surface area contributed by atoms with E-state index in [1.165, 1.54) is 0 Å². The number of nitrogens with one attached hydrogen (secondary N) is 2. The molecule has 2 amide bonds. The van der Waals surface area contributed by atoms with Crippen molar-refractivity contribution in [2.45, 2.75) is 0 Å². The molecule has 2 aromatic heterocycles. The maximum absolute atomic E-state index is 12.5. The molecule has 3 aromatic rings. The number of halogens is 1. The summed E-state index contributed by atoms with van der Waals surface area (Å²) in [4.78, 5) is 29.7. The Hall–Kier alpha value is -2.84. The van der Waals surface area contributed by atoms with Crippen LogP contribution >= 0.6 is 22.9 Å². The predicted molar refractivity (Wildman–Crippen MR) is 114 cm³/mol. The van der Waals surface area contributed by atoms with E-state index in [2.05, 4.69) is 20.4 Å². The molecule has 3 heterocycles. The first-order valence-electron chi connectivity index (χ1n) is 9.26. The quantitative estimate of drug-likeness (QED) is 0.653. The number of carbonyl (C=O) groups excluding carboxylic acids is 2. The van der Waals surface area contributed by atoms with Gasteiger partial charge in [0.25, 0.3) is 5.91 Å². The minimum atomic E-state index is -0.366. The number of rotatable bonds is 5. The molecule has 0 spiro atoms. The number of amides is 2. The van der Waals surface area contributed by atoms with E-state index in [4.69, 9.17) is 11.6 Å². The van der Waals surface area contributed by atoms with Crippen molar-refractivity contribution in [1.29, 1.82) is 0 Å². The fourth-order valence-electron chi connectivity index (χ4n) is 3.24. The van der Waals surface area contributed by atoms with Gasteiger partial charge in [-0.1, -0.05) is 23.7 Å². The van der Waals surface area contributed by atoms with Crippen molar-refractivity contribution in [3.05, 3.63) is 58.6 Å². The van der Waals surface area contributed by atoms with Crippen LogP contribution in [-0.4, -0.2) is 59.6 Å². The molecular weight excluding hydrogens is 410 g/mol. The summed E-state index contributed by atoms with van der Waals surface area (Å²) in [5.41, 5.74) is 2.11. The third-order valence-electron chi connectivity index (χ3n) is 4.80. The monoisotopic (exact) mass is 429 g/mol. The summed E-state index contributed by atoms with van der Waals surface area (Å²) in [6, 6.07) is 13.3. The van der Waals surface area contributed by atoms with Crippen LogP contribution in [-0.2, 0) is 4.79 Å². The normalized spacial score (nSPS) is 14.1. The lowest BCUT2D eigenvalue weighted by Gasteiger charge is -2.36. The van der Waals surface area contributed by atoms with E-state index in [-0.39, 0.29) is 24.1 Å². The number of hydrogen-bond acceptors (Lipinski definition) is 5. The minimum Gasteiger partial charge on any atom is -0.368 e. The van der Waals surface area contributed by atoms with Gasteiger partial charge in [0.2, 0.25) is 5.91 Å². The van der Waals surface area contributed by atoms with Crippen LogP contribution in [0.3, 0.4) is 0 Å². The lowest BCUT2D eigenvalue weighted by molar-refractivity contribution is -0.130. The summed E-state index contributed by atoms with van der Waals surface area (Å²) in [6.07, 6.45) is 0. The van der Waals surface area contributed by atoms with E-state index in [9.17, 15) is 9.59 Å². The number of aromatic nitrogens is 2. The van der Waals surface area contributed by atoms with Gasteiger partial charge in [0, 0.05) is 36.9 Å². The second-order valence-corrected chi connectivity index (χ2v) is 8.06. The van der Waals surface area contributed by atoms with E-state index < -0.39 is 0 Å². The van der Waals surface area contributed by atoms with Gasteiger partial charge in [-0.15, -0.1) is 11.3 Å².